The minimum Gasteiger partial charge on any atom is -0.495 e. The quantitative estimate of drug-likeness (QED) is 0.707. The van der Waals surface area contributed by atoms with Gasteiger partial charge in [0.1, 0.15) is 5.75 Å². The predicted molar refractivity (Wildman–Crippen MR) is 116 cm³/mol. The molecule has 0 bridgehead atoms. The molecule has 2 aromatic rings. The number of hydrogen-bond acceptors (Lipinski definition) is 4. The van der Waals surface area contributed by atoms with Gasteiger partial charge < -0.3 is 19.4 Å². The fourth-order valence-corrected chi connectivity index (χ4v) is 4.32. The van der Waals surface area contributed by atoms with Crippen molar-refractivity contribution in [3.8, 4) is 5.75 Å². The second-order valence-electron chi connectivity index (χ2n) is 7.37. The Bertz CT molecular complexity index is 894. The minimum atomic E-state index is -0.274. The Hall–Kier alpha value is -2.54. The molecule has 0 radical (unpaired) electrons. The first kappa shape index (κ1) is 19.8. The summed E-state index contributed by atoms with van der Waals surface area (Å²) in [5, 5.41) is 0. The van der Waals surface area contributed by atoms with Crippen LogP contribution < -0.4 is 14.5 Å². The van der Waals surface area contributed by atoms with Gasteiger partial charge >= 0.3 is 0 Å². The maximum Gasteiger partial charge on any atom is 0.228 e. The second-order valence-corrected chi connectivity index (χ2v) is 8.28. The summed E-state index contributed by atoms with van der Waals surface area (Å²) in [7, 11) is 1.67. The average Bonchev–Trinajstić information content (AvgIpc) is 3.15. The molecule has 2 aliphatic rings. The number of carbonyl (C=O) groups is 2. The first-order chi connectivity index (χ1) is 14.1. The van der Waals surface area contributed by atoms with E-state index in [0.29, 0.717) is 19.6 Å². The lowest BCUT2D eigenvalue weighted by molar-refractivity contribution is -0.136. The second kappa shape index (κ2) is 8.45. The first-order valence-electron chi connectivity index (χ1n) is 9.79. The van der Waals surface area contributed by atoms with Gasteiger partial charge in [0.15, 0.2) is 0 Å². The van der Waals surface area contributed by atoms with Gasteiger partial charge in [0.2, 0.25) is 11.8 Å². The summed E-state index contributed by atoms with van der Waals surface area (Å²) in [5.74, 6) is 0.665. The van der Waals surface area contributed by atoms with Crippen molar-refractivity contribution in [3.63, 3.8) is 0 Å². The zero-order valence-corrected chi connectivity index (χ0v) is 18.0. The van der Waals surface area contributed by atoms with Crippen LogP contribution >= 0.6 is 15.9 Å². The maximum absolute atomic E-state index is 13.0. The highest BCUT2D eigenvalue weighted by Gasteiger charge is 2.38. The van der Waals surface area contributed by atoms with E-state index in [1.807, 2.05) is 53.4 Å². The van der Waals surface area contributed by atoms with E-state index in [9.17, 15) is 9.59 Å². The Morgan fingerprint density at radius 1 is 1.03 bits per heavy atom. The number of hydrogen-bond donors (Lipinski definition) is 0. The van der Waals surface area contributed by atoms with E-state index in [4.69, 9.17) is 4.74 Å². The van der Waals surface area contributed by atoms with Crippen LogP contribution in [-0.2, 0) is 9.59 Å². The highest BCUT2D eigenvalue weighted by Crippen LogP contribution is 2.30. The van der Waals surface area contributed by atoms with Crippen molar-refractivity contribution in [3.05, 3.63) is 53.0 Å². The molecule has 2 amide bonds. The van der Waals surface area contributed by atoms with Gasteiger partial charge in [-0.2, -0.15) is 0 Å². The number of benzene rings is 2. The van der Waals surface area contributed by atoms with Gasteiger partial charge in [-0.3, -0.25) is 9.59 Å². The zero-order valence-electron chi connectivity index (χ0n) is 16.4. The Morgan fingerprint density at radius 3 is 2.41 bits per heavy atom. The highest BCUT2D eigenvalue weighted by molar-refractivity contribution is 9.10. The van der Waals surface area contributed by atoms with Crippen LogP contribution in [0.4, 0.5) is 11.4 Å². The van der Waals surface area contributed by atoms with Crippen LogP contribution in [0.5, 0.6) is 5.75 Å². The molecule has 1 unspecified atom stereocenters. The molecule has 0 aliphatic carbocycles. The van der Waals surface area contributed by atoms with Crippen LogP contribution in [0.2, 0.25) is 0 Å². The van der Waals surface area contributed by atoms with Gasteiger partial charge in [-0.15, -0.1) is 0 Å². The van der Waals surface area contributed by atoms with Crippen LogP contribution in [0.1, 0.15) is 6.42 Å². The lowest BCUT2D eigenvalue weighted by atomic mass is 10.1. The Morgan fingerprint density at radius 2 is 1.72 bits per heavy atom. The van der Waals surface area contributed by atoms with E-state index in [0.717, 1.165) is 34.7 Å². The zero-order chi connectivity index (χ0) is 20.4. The fourth-order valence-electron chi connectivity index (χ4n) is 4.06. The number of anilines is 2. The third-order valence-corrected chi connectivity index (χ3v) is 6.16. The molecule has 0 aromatic heterocycles. The van der Waals surface area contributed by atoms with E-state index in [-0.39, 0.29) is 24.2 Å². The van der Waals surface area contributed by atoms with E-state index in [1.54, 1.807) is 12.0 Å². The molecule has 152 valence electrons. The van der Waals surface area contributed by atoms with Crippen molar-refractivity contribution in [1.82, 2.24) is 4.90 Å². The van der Waals surface area contributed by atoms with Gasteiger partial charge in [-0.05, 0) is 36.4 Å². The third-order valence-electron chi connectivity index (χ3n) is 5.63. The SMILES string of the molecule is COc1ccccc1N1CCN(C(=O)C2CC(=O)N(c3ccc(Br)cc3)C2)CC1. The van der Waals surface area contributed by atoms with Gasteiger partial charge in [-0.1, -0.05) is 28.1 Å². The maximum atomic E-state index is 13.0. The number of methoxy groups -OCH3 is 1. The summed E-state index contributed by atoms with van der Waals surface area (Å²) < 4.78 is 6.43. The molecule has 0 spiro atoms. The van der Waals surface area contributed by atoms with E-state index in [2.05, 4.69) is 20.8 Å². The summed E-state index contributed by atoms with van der Waals surface area (Å²) in [6, 6.07) is 15.6. The molecular formula is C22H24BrN3O3. The topological polar surface area (TPSA) is 53.1 Å². The molecule has 2 heterocycles. The Labute approximate surface area is 179 Å². The number of ether oxygens (including phenoxy) is 1. The van der Waals surface area contributed by atoms with Gasteiger partial charge in [0.05, 0.1) is 18.7 Å². The number of nitrogens with zero attached hydrogens (tertiary/aromatic N) is 3. The van der Waals surface area contributed by atoms with Crippen LogP contribution in [0, 0.1) is 5.92 Å². The van der Waals surface area contributed by atoms with Crippen LogP contribution in [-0.4, -0.2) is 56.5 Å². The molecule has 0 saturated carbocycles. The molecule has 2 aromatic carbocycles. The molecule has 1 atom stereocenters. The van der Waals surface area contributed by atoms with Crippen molar-refractivity contribution in [2.24, 2.45) is 5.92 Å². The lowest BCUT2D eigenvalue weighted by Crippen LogP contribution is -2.50. The monoisotopic (exact) mass is 457 g/mol. The summed E-state index contributed by atoms with van der Waals surface area (Å²) >= 11 is 3.41. The molecule has 29 heavy (non-hydrogen) atoms. The number of halogens is 1. The number of rotatable bonds is 4. The number of carbonyl (C=O) groups excluding carboxylic acids is 2. The molecule has 2 fully saturated rings. The normalized spacial score (nSPS) is 19.6. The molecule has 2 aliphatic heterocycles. The summed E-state index contributed by atoms with van der Waals surface area (Å²) in [4.78, 5) is 31.4. The molecule has 6 nitrogen and oxygen atoms in total. The van der Waals surface area contributed by atoms with Gasteiger partial charge in [0, 0.05) is 49.3 Å². The number of para-hydroxylation sites is 2. The average molecular weight is 458 g/mol. The van der Waals surface area contributed by atoms with E-state index in [1.165, 1.54) is 0 Å². The summed E-state index contributed by atoms with van der Waals surface area (Å²) in [5.41, 5.74) is 1.90. The predicted octanol–water partition coefficient (Wildman–Crippen LogP) is 3.16. The van der Waals surface area contributed by atoms with Crippen molar-refractivity contribution in [2.45, 2.75) is 6.42 Å². The fraction of sp³-hybridized carbons (Fsp3) is 0.364. The standard InChI is InChI=1S/C22H24BrN3O3/c1-29-20-5-3-2-4-19(20)24-10-12-25(13-11-24)22(28)16-14-21(27)26(15-16)18-8-6-17(23)7-9-18/h2-9,16H,10-15H2,1H3. The third kappa shape index (κ3) is 4.10. The molecule has 0 N–H and O–H groups in total. The lowest BCUT2D eigenvalue weighted by Gasteiger charge is -2.37. The molecule has 2 saturated heterocycles. The van der Waals surface area contributed by atoms with Crippen molar-refractivity contribution >= 4 is 39.1 Å². The molecule has 4 rings (SSSR count). The summed E-state index contributed by atoms with van der Waals surface area (Å²) in [6.45, 7) is 3.26. The minimum absolute atomic E-state index is 0.0123. The van der Waals surface area contributed by atoms with E-state index < -0.39 is 0 Å². The molecular weight excluding hydrogens is 434 g/mol. The Balaban J connectivity index is 1.37. The number of amides is 2. The van der Waals surface area contributed by atoms with Crippen LogP contribution in [0.25, 0.3) is 0 Å². The van der Waals surface area contributed by atoms with Crippen LogP contribution in [0.3, 0.4) is 0 Å². The summed E-state index contributed by atoms with van der Waals surface area (Å²) in [6.07, 6.45) is 0.279. The van der Waals surface area contributed by atoms with Gasteiger partial charge in [-0.25, -0.2) is 0 Å². The molecule has 7 heteroatoms. The van der Waals surface area contributed by atoms with Crippen molar-refractivity contribution < 1.29 is 14.3 Å². The van der Waals surface area contributed by atoms with Crippen molar-refractivity contribution in [1.29, 1.82) is 0 Å². The first-order valence-corrected chi connectivity index (χ1v) is 10.6. The number of piperazine rings is 1. The highest BCUT2D eigenvalue weighted by atomic mass is 79.9. The van der Waals surface area contributed by atoms with Crippen LogP contribution in [0.15, 0.2) is 53.0 Å². The van der Waals surface area contributed by atoms with Crippen molar-refractivity contribution in [2.75, 3.05) is 49.6 Å². The van der Waals surface area contributed by atoms with Gasteiger partial charge in [0.25, 0.3) is 0 Å². The Kier molecular flexibility index (Phi) is 5.76. The largest absolute Gasteiger partial charge is 0.495 e. The smallest absolute Gasteiger partial charge is 0.228 e. The van der Waals surface area contributed by atoms with E-state index >= 15 is 0 Å².